The second-order valence-electron chi connectivity index (χ2n) is 4.67. The van der Waals surface area contributed by atoms with Crippen LogP contribution in [-0.4, -0.2) is 14.8 Å². The highest BCUT2D eigenvalue weighted by atomic mass is 79.9. The van der Waals surface area contributed by atoms with E-state index in [9.17, 15) is 0 Å². The van der Waals surface area contributed by atoms with Gasteiger partial charge in [-0.2, -0.15) is 0 Å². The number of hydrogen-bond donors (Lipinski definition) is 1. The van der Waals surface area contributed by atoms with Crippen LogP contribution in [0.25, 0.3) is 0 Å². The molecule has 0 radical (unpaired) electrons. The second-order valence-corrected chi connectivity index (χ2v) is 7.26. The Kier molecular flexibility index (Phi) is 3.93. The van der Waals surface area contributed by atoms with Crippen LogP contribution in [0.3, 0.4) is 0 Å². The molecular weight excluding hydrogens is 348 g/mol. The highest BCUT2D eigenvalue weighted by Gasteiger charge is 2.21. The molecule has 1 unspecified atom stereocenters. The summed E-state index contributed by atoms with van der Waals surface area (Å²) in [6.45, 7) is 3.96. The molecule has 2 aromatic heterocycles. The van der Waals surface area contributed by atoms with E-state index in [4.69, 9.17) is 11.6 Å². The molecule has 0 saturated carbocycles. The van der Waals surface area contributed by atoms with Gasteiger partial charge in [0.1, 0.15) is 16.0 Å². The van der Waals surface area contributed by atoms with E-state index in [0.717, 1.165) is 40.0 Å². The number of hydrogen-bond acceptors (Lipinski definition) is 4. The molecule has 1 aliphatic rings. The van der Waals surface area contributed by atoms with Crippen LogP contribution in [0, 0.1) is 0 Å². The molecule has 0 aromatic carbocycles. The summed E-state index contributed by atoms with van der Waals surface area (Å²) in [7, 11) is 0. The molecular formula is C12H14BrClN4S. The number of thiophene rings is 1. The lowest BCUT2D eigenvalue weighted by Crippen LogP contribution is -2.21. The van der Waals surface area contributed by atoms with Crippen molar-refractivity contribution in [1.29, 1.82) is 0 Å². The Morgan fingerprint density at radius 3 is 3.16 bits per heavy atom. The third-order valence-corrected chi connectivity index (χ3v) is 5.78. The number of halogens is 2. The van der Waals surface area contributed by atoms with Gasteiger partial charge in [-0.05, 0) is 35.3 Å². The zero-order chi connectivity index (χ0) is 13.4. The average molecular weight is 362 g/mol. The first-order valence-electron chi connectivity index (χ1n) is 6.24. The summed E-state index contributed by atoms with van der Waals surface area (Å²) in [4.78, 5) is 1.21. The molecule has 3 rings (SSSR count). The van der Waals surface area contributed by atoms with Gasteiger partial charge in [0.15, 0.2) is 0 Å². The summed E-state index contributed by atoms with van der Waals surface area (Å²) in [6.07, 6.45) is 2.23. The standard InChI is InChI=1S/C12H14BrClN4S/c1-7(12-17-16-10-3-2-4-18(10)12)15-6-8-5-9(13)11(14)19-8/h5,7,15H,2-4,6H2,1H3. The van der Waals surface area contributed by atoms with Crippen molar-refractivity contribution in [2.45, 2.75) is 38.9 Å². The van der Waals surface area contributed by atoms with E-state index in [0.29, 0.717) is 0 Å². The topological polar surface area (TPSA) is 42.7 Å². The number of nitrogens with zero attached hydrogens (tertiary/aromatic N) is 3. The van der Waals surface area contributed by atoms with Crippen LogP contribution in [0.15, 0.2) is 10.5 Å². The molecule has 19 heavy (non-hydrogen) atoms. The van der Waals surface area contributed by atoms with E-state index in [1.807, 2.05) is 0 Å². The zero-order valence-electron chi connectivity index (χ0n) is 10.5. The third-order valence-electron chi connectivity index (χ3n) is 3.30. The summed E-state index contributed by atoms with van der Waals surface area (Å²) in [5.74, 6) is 2.15. The Bertz CT molecular complexity index is 575. The van der Waals surface area contributed by atoms with E-state index >= 15 is 0 Å². The van der Waals surface area contributed by atoms with Crippen LogP contribution >= 0.6 is 38.9 Å². The van der Waals surface area contributed by atoms with Gasteiger partial charge in [0.2, 0.25) is 0 Å². The quantitative estimate of drug-likeness (QED) is 0.905. The molecule has 2 aromatic rings. The summed E-state index contributed by atoms with van der Waals surface area (Å²) in [5.41, 5.74) is 0. The van der Waals surface area contributed by atoms with E-state index in [1.54, 1.807) is 11.3 Å². The molecule has 0 amide bonds. The summed E-state index contributed by atoms with van der Waals surface area (Å²) in [5, 5.41) is 12.0. The lowest BCUT2D eigenvalue weighted by molar-refractivity contribution is 0.518. The predicted molar refractivity (Wildman–Crippen MR) is 80.6 cm³/mol. The minimum Gasteiger partial charge on any atom is -0.314 e. The molecule has 7 heteroatoms. The molecule has 1 aliphatic heterocycles. The van der Waals surface area contributed by atoms with Gasteiger partial charge in [-0.1, -0.05) is 11.6 Å². The maximum atomic E-state index is 6.04. The number of aryl methyl sites for hydroxylation is 1. The van der Waals surface area contributed by atoms with Gasteiger partial charge >= 0.3 is 0 Å². The van der Waals surface area contributed by atoms with Gasteiger partial charge < -0.3 is 9.88 Å². The van der Waals surface area contributed by atoms with Crippen LogP contribution in [0.2, 0.25) is 4.34 Å². The van der Waals surface area contributed by atoms with Gasteiger partial charge in [-0.25, -0.2) is 0 Å². The Balaban J connectivity index is 1.66. The highest BCUT2D eigenvalue weighted by molar-refractivity contribution is 9.10. The summed E-state index contributed by atoms with van der Waals surface area (Å²) < 4.78 is 3.99. The third kappa shape index (κ3) is 2.72. The normalized spacial score (nSPS) is 15.7. The van der Waals surface area contributed by atoms with Crippen molar-refractivity contribution in [3.8, 4) is 0 Å². The Morgan fingerprint density at radius 2 is 2.42 bits per heavy atom. The molecule has 0 aliphatic carbocycles. The van der Waals surface area contributed by atoms with Crippen molar-refractivity contribution in [3.63, 3.8) is 0 Å². The molecule has 102 valence electrons. The minimum absolute atomic E-state index is 0.194. The van der Waals surface area contributed by atoms with Gasteiger partial charge in [0, 0.05) is 28.9 Å². The van der Waals surface area contributed by atoms with Crippen molar-refractivity contribution >= 4 is 38.9 Å². The first kappa shape index (κ1) is 13.5. The van der Waals surface area contributed by atoms with E-state index in [-0.39, 0.29) is 6.04 Å². The Morgan fingerprint density at radius 1 is 1.58 bits per heavy atom. The van der Waals surface area contributed by atoms with E-state index < -0.39 is 0 Å². The molecule has 3 heterocycles. The Labute approximate surface area is 129 Å². The molecule has 0 spiro atoms. The highest BCUT2D eigenvalue weighted by Crippen LogP contribution is 2.32. The van der Waals surface area contributed by atoms with Crippen molar-refractivity contribution in [2.24, 2.45) is 0 Å². The fraction of sp³-hybridized carbons (Fsp3) is 0.500. The van der Waals surface area contributed by atoms with Gasteiger partial charge in [-0.15, -0.1) is 21.5 Å². The van der Waals surface area contributed by atoms with Crippen LogP contribution < -0.4 is 5.32 Å². The van der Waals surface area contributed by atoms with Crippen molar-refractivity contribution in [2.75, 3.05) is 0 Å². The minimum atomic E-state index is 0.194. The van der Waals surface area contributed by atoms with Crippen molar-refractivity contribution in [1.82, 2.24) is 20.1 Å². The first-order valence-corrected chi connectivity index (χ1v) is 8.23. The van der Waals surface area contributed by atoms with Crippen LogP contribution in [0.1, 0.15) is 35.9 Å². The smallest absolute Gasteiger partial charge is 0.149 e. The molecule has 0 saturated heterocycles. The number of fused-ring (bicyclic) bond motifs is 1. The lowest BCUT2D eigenvalue weighted by atomic mass is 10.3. The van der Waals surface area contributed by atoms with Crippen LogP contribution in [-0.2, 0) is 19.5 Å². The second kappa shape index (κ2) is 5.52. The fourth-order valence-corrected chi connectivity index (χ4v) is 4.06. The number of nitrogens with one attached hydrogen (secondary N) is 1. The zero-order valence-corrected chi connectivity index (χ0v) is 13.6. The van der Waals surface area contributed by atoms with E-state index in [2.05, 4.69) is 49.0 Å². The van der Waals surface area contributed by atoms with Gasteiger partial charge in [0.05, 0.1) is 6.04 Å². The molecule has 1 atom stereocenters. The van der Waals surface area contributed by atoms with Crippen molar-refractivity contribution in [3.05, 3.63) is 31.4 Å². The monoisotopic (exact) mass is 360 g/mol. The fourth-order valence-electron chi connectivity index (χ4n) is 2.32. The first-order chi connectivity index (χ1) is 9.15. The molecule has 0 fully saturated rings. The average Bonchev–Trinajstić information content (AvgIpc) is 3.03. The number of aromatic nitrogens is 3. The summed E-state index contributed by atoms with van der Waals surface area (Å²) in [6, 6.07) is 2.25. The Hall–Kier alpha value is -0.430. The number of rotatable bonds is 4. The maximum absolute atomic E-state index is 6.04. The van der Waals surface area contributed by atoms with Gasteiger partial charge in [-0.3, -0.25) is 0 Å². The molecule has 0 bridgehead atoms. The van der Waals surface area contributed by atoms with E-state index in [1.165, 1.54) is 11.3 Å². The van der Waals surface area contributed by atoms with Crippen LogP contribution in [0.5, 0.6) is 0 Å². The maximum Gasteiger partial charge on any atom is 0.149 e. The predicted octanol–water partition coefficient (Wildman–Crippen LogP) is 3.55. The molecule has 1 N–H and O–H groups in total. The SMILES string of the molecule is CC(NCc1cc(Br)c(Cl)s1)c1nnc2n1CCC2. The summed E-state index contributed by atoms with van der Waals surface area (Å²) >= 11 is 11.1. The lowest BCUT2D eigenvalue weighted by Gasteiger charge is -2.12. The molecule has 4 nitrogen and oxygen atoms in total. The largest absolute Gasteiger partial charge is 0.314 e. The van der Waals surface area contributed by atoms with Crippen LogP contribution in [0.4, 0.5) is 0 Å². The van der Waals surface area contributed by atoms with Gasteiger partial charge in [0.25, 0.3) is 0 Å². The van der Waals surface area contributed by atoms with Crippen molar-refractivity contribution < 1.29 is 0 Å².